The lowest BCUT2D eigenvalue weighted by atomic mass is 10.0. The van der Waals surface area contributed by atoms with Gasteiger partial charge in [0.15, 0.2) is 0 Å². The molecule has 0 spiro atoms. The molecule has 0 saturated heterocycles. The molecule has 0 heterocycles. The predicted molar refractivity (Wildman–Crippen MR) is 79.8 cm³/mol. The first-order valence-electron chi connectivity index (χ1n) is 6.02. The van der Waals surface area contributed by atoms with Gasteiger partial charge in [-0.3, -0.25) is 10.1 Å². The summed E-state index contributed by atoms with van der Waals surface area (Å²) in [7, 11) is 1.31. The van der Waals surface area contributed by atoms with Crippen LogP contribution in [0.3, 0.4) is 0 Å². The molecule has 22 heavy (non-hydrogen) atoms. The highest BCUT2D eigenvalue weighted by Crippen LogP contribution is 2.27. The minimum Gasteiger partial charge on any atom is -0.477 e. The normalized spacial score (nSPS) is 9.32. The first-order valence-corrected chi connectivity index (χ1v) is 6.02. The molecule has 0 atom stereocenters. The molecular formula is C15H13NO6. The van der Waals surface area contributed by atoms with Gasteiger partial charge in [-0.25, -0.2) is 9.59 Å². The number of carboxylic acid groups (broad SMARTS) is 1. The smallest absolute Gasteiger partial charge is 0.343 e. The SMILES string of the molecule is C=CC(=O)OC.O=C(O)c1c([N+](=O)[O-])ccc2ccccc12. The van der Waals surface area contributed by atoms with Gasteiger partial charge in [0.05, 0.1) is 12.0 Å². The molecule has 0 radical (unpaired) electrons. The third kappa shape index (κ3) is 3.89. The Morgan fingerprint density at radius 2 is 1.91 bits per heavy atom. The fourth-order valence-electron chi connectivity index (χ4n) is 1.72. The van der Waals surface area contributed by atoms with Gasteiger partial charge in [-0.1, -0.05) is 30.8 Å². The van der Waals surface area contributed by atoms with Crippen LogP contribution in [0.25, 0.3) is 10.8 Å². The molecule has 0 unspecified atom stereocenters. The third-order valence-corrected chi connectivity index (χ3v) is 2.69. The monoisotopic (exact) mass is 303 g/mol. The number of esters is 1. The number of nitrogens with zero attached hydrogens (tertiary/aromatic N) is 1. The Balaban J connectivity index is 0.000000346. The standard InChI is InChI=1S/C11H7NO4.C4H6O2/c13-11(14)10-8-4-2-1-3-7(8)5-6-9(10)12(15)16;1-3-4(5)6-2/h1-6H,(H,13,14);3H,1H2,2H3. The molecule has 0 amide bonds. The Morgan fingerprint density at radius 1 is 1.27 bits per heavy atom. The Bertz CT molecular complexity index is 738. The summed E-state index contributed by atoms with van der Waals surface area (Å²) in [4.78, 5) is 30.9. The van der Waals surface area contributed by atoms with E-state index >= 15 is 0 Å². The largest absolute Gasteiger partial charge is 0.477 e. The van der Waals surface area contributed by atoms with Crippen molar-refractivity contribution in [3.05, 3.63) is 64.7 Å². The molecule has 114 valence electrons. The van der Waals surface area contributed by atoms with Gasteiger partial charge in [-0.15, -0.1) is 0 Å². The van der Waals surface area contributed by atoms with Crippen LogP contribution in [0.1, 0.15) is 10.4 Å². The highest BCUT2D eigenvalue weighted by atomic mass is 16.6. The van der Waals surface area contributed by atoms with Gasteiger partial charge in [0, 0.05) is 17.5 Å². The zero-order valence-corrected chi connectivity index (χ0v) is 11.7. The maximum absolute atomic E-state index is 11.0. The van der Waals surface area contributed by atoms with Gasteiger partial charge in [0.25, 0.3) is 5.69 Å². The van der Waals surface area contributed by atoms with Crippen LogP contribution in [0.15, 0.2) is 49.1 Å². The summed E-state index contributed by atoms with van der Waals surface area (Å²) in [5, 5.41) is 20.8. The summed E-state index contributed by atoms with van der Waals surface area (Å²) in [6.07, 6.45) is 1.11. The number of fused-ring (bicyclic) bond motifs is 1. The summed E-state index contributed by atoms with van der Waals surface area (Å²) >= 11 is 0. The van der Waals surface area contributed by atoms with Crippen LogP contribution in [0.4, 0.5) is 5.69 Å². The Labute approximate surface area is 125 Å². The van der Waals surface area contributed by atoms with E-state index in [9.17, 15) is 19.7 Å². The van der Waals surface area contributed by atoms with Crippen molar-refractivity contribution in [2.45, 2.75) is 0 Å². The van der Waals surface area contributed by atoms with Gasteiger partial charge in [0.2, 0.25) is 0 Å². The fraction of sp³-hybridized carbons (Fsp3) is 0.0667. The molecule has 0 aliphatic heterocycles. The van der Waals surface area contributed by atoms with Gasteiger partial charge in [-0.05, 0) is 11.5 Å². The second kappa shape index (κ2) is 7.53. The number of methoxy groups -OCH3 is 1. The maximum atomic E-state index is 11.0. The third-order valence-electron chi connectivity index (χ3n) is 2.69. The fourth-order valence-corrected chi connectivity index (χ4v) is 1.72. The molecule has 0 aliphatic rings. The lowest BCUT2D eigenvalue weighted by molar-refractivity contribution is -0.385. The molecule has 2 aromatic carbocycles. The molecular weight excluding hydrogens is 290 g/mol. The molecule has 2 aromatic rings. The second-order valence-electron chi connectivity index (χ2n) is 3.97. The second-order valence-corrected chi connectivity index (χ2v) is 3.97. The molecule has 0 aromatic heterocycles. The lowest BCUT2D eigenvalue weighted by Gasteiger charge is -2.02. The van der Waals surface area contributed by atoms with Crippen molar-refractivity contribution < 1.29 is 24.4 Å². The van der Waals surface area contributed by atoms with Crippen LogP contribution in [-0.2, 0) is 9.53 Å². The van der Waals surface area contributed by atoms with E-state index in [-0.39, 0.29) is 11.3 Å². The van der Waals surface area contributed by atoms with E-state index in [1.54, 1.807) is 30.3 Å². The summed E-state index contributed by atoms with van der Waals surface area (Å²) in [5.74, 6) is -1.68. The molecule has 0 bridgehead atoms. The maximum Gasteiger partial charge on any atom is 0.343 e. The molecule has 7 nitrogen and oxygen atoms in total. The molecule has 0 aliphatic carbocycles. The first kappa shape index (κ1) is 16.8. The van der Waals surface area contributed by atoms with Gasteiger partial charge < -0.3 is 9.84 Å². The van der Waals surface area contributed by atoms with E-state index in [1.165, 1.54) is 13.2 Å². The molecule has 1 N–H and O–H groups in total. The number of ether oxygens (including phenoxy) is 1. The number of nitro groups is 1. The van der Waals surface area contributed by atoms with E-state index in [0.29, 0.717) is 10.8 Å². The van der Waals surface area contributed by atoms with Crippen LogP contribution in [0.2, 0.25) is 0 Å². The van der Waals surface area contributed by atoms with Crippen LogP contribution < -0.4 is 0 Å². The average molecular weight is 303 g/mol. The summed E-state index contributed by atoms with van der Waals surface area (Å²) in [6.45, 7) is 3.16. The number of aromatic carboxylic acids is 1. The van der Waals surface area contributed by atoms with E-state index in [1.807, 2.05) is 0 Å². The molecule has 2 rings (SSSR count). The van der Waals surface area contributed by atoms with Crippen molar-refractivity contribution in [3.8, 4) is 0 Å². The Hall–Kier alpha value is -3.22. The predicted octanol–water partition coefficient (Wildman–Crippen LogP) is 2.79. The Morgan fingerprint density at radius 3 is 2.36 bits per heavy atom. The van der Waals surface area contributed by atoms with Crippen molar-refractivity contribution in [2.24, 2.45) is 0 Å². The van der Waals surface area contributed by atoms with Gasteiger partial charge in [0.1, 0.15) is 5.56 Å². The van der Waals surface area contributed by atoms with Gasteiger partial charge in [-0.2, -0.15) is 0 Å². The zero-order valence-electron chi connectivity index (χ0n) is 11.7. The minimum atomic E-state index is -1.29. The zero-order chi connectivity index (χ0) is 16.7. The van der Waals surface area contributed by atoms with Crippen LogP contribution >= 0.6 is 0 Å². The minimum absolute atomic E-state index is 0.261. The van der Waals surface area contributed by atoms with Crippen molar-refractivity contribution in [3.63, 3.8) is 0 Å². The number of hydrogen-bond acceptors (Lipinski definition) is 5. The number of carboxylic acids is 1. The Kier molecular flexibility index (Phi) is 5.76. The van der Waals surface area contributed by atoms with E-state index < -0.39 is 16.9 Å². The quantitative estimate of drug-likeness (QED) is 0.404. The van der Waals surface area contributed by atoms with Crippen molar-refractivity contribution in [1.29, 1.82) is 0 Å². The van der Waals surface area contributed by atoms with Crippen LogP contribution in [-0.4, -0.2) is 29.1 Å². The average Bonchev–Trinajstić information content (AvgIpc) is 2.53. The van der Waals surface area contributed by atoms with Crippen LogP contribution in [0.5, 0.6) is 0 Å². The summed E-state index contributed by atoms with van der Waals surface area (Å²) < 4.78 is 4.14. The van der Waals surface area contributed by atoms with Gasteiger partial charge >= 0.3 is 11.9 Å². The van der Waals surface area contributed by atoms with Crippen LogP contribution in [0, 0.1) is 10.1 Å². The number of hydrogen-bond donors (Lipinski definition) is 1. The number of rotatable bonds is 3. The summed E-state index contributed by atoms with van der Waals surface area (Å²) in [6, 6.07) is 9.43. The van der Waals surface area contributed by atoms with E-state index in [0.717, 1.165) is 6.08 Å². The molecule has 0 saturated carbocycles. The highest BCUT2D eigenvalue weighted by molar-refractivity contribution is 6.07. The lowest BCUT2D eigenvalue weighted by Crippen LogP contribution is -2.03. The number of benzene rings is 2. The number of carbonyl (C=O) groups is 2. The molecule has 0 fully saturated rings. The first-order chi connectivity index (χ1) is 10.4. The number of carbonyl (C=O) groups excluding carboxylic acids is 1. The van der Waals surface area contributed by atoms with Crippen molar-refractivity contribution in [2.75, 3.05) is 7.11 Å². The van der Waals surface area contributed by atoms with E-state index in [4.69, 9.17) is 5.11 Å². The van der Waals surface area contributed by atoms with Crippen molar-refractivity contribution >= 4 is 28.4 Å². The summed E-state index contributed by atoms with van der Waals surface area (Å²) in [5.41, 5.74) is -0.644. The molecule has 7 heteroatoms. The highest BCUT2D eigenvalue weighted by Gasteiger charge is 2.22. The number of nitro benzene ring substituents is 1. The topological polar surface area (TPSA) is 107 Å². The van der Waals surface area contributed by atoms with Crippen molar-refractivity contribution in [1.82, 2.24) is 0 Å². The van der Waals surface area contributed by atoms with E-state index in [2.05, 4.69) is 11.3 Å².